The summed E-state index contributed by atoms with van der Waals surface area (Å²) in [6.07, 6.45) is 0. The third kappa shape index (κ3) is 6.73. The van der Waals surface area contributed by atoms with Gasteiger partial charge in [0.05, 0.1) is 27.8 Å². The second-order valence-corrected chi connectivity index (χ2v) is 17.7. The molecule has 0 aliphatic rings. The minimum absolute atomic E-state index is 1.13. The highest BCUT2D eigenvalue weighted by molar-refractivity contribution is 6.17. The first-order chi connectivity index (χ1) is 33.7. The number of hydrogen-bond acceptors (Lipinski definition) is 0. The molecule has 2 aromatic heterocycles. The predicted octanol–water partition coefficient (Wildman–Crippen LogP) is 17.9. The molecule has 11 aromatic carbocycles. The number of para-hydroxylation sites is 2. The minimum Gasteiger partial charge on any atom is -0.309 e. The van der Waals surface area contributed by atoms with Crippen LogP contribution in [0, 0.1) is 0 Å². The van der Waals surface area contributed by atoms with Crippen molar-refractivity contribution >= 4 is 43.6 Å². The second kappa shape index (κ2) is 16.5. The van der Waals surface area contributed by atoms with E-state index in [0.717, 1.165) is 5.69 Å². The maximum atomic E-state index is 2.45. The summed E-state index contributed by atoms with van der Waals surface area (Å²) in [4.78, 5) is 0. The Kier molecular flexibility index (Phi) is 9.54. The molecule has 0 atom stereocenters. The Hall–Kier alpha value is -8.98. The molecular weight excluding hydrogens is 821 g/mol. The first kappa shape index (κ1) is 39.4. The molecule has 0 unspecified atom stereocenters. The van der Waals surface area contributed by atoms with Crippen molar-refractivity contribution in [3.8, 4) is 78.1 Å². The number of fused-ring (bicyclic) bond motifs is 6. The smallest absolute Gasteiger partial charge is 0.0547 e. The summed E-state index contributed by atoms with van der Waals surface area (Å²) in [5.41, 5.74) is 21.4. The van der Waals surface area contributed by atoms with Crippen LogP contribution >= 0.6 is 0 Å². The molecule has 13 rings (SSSR count). The van der Waals surface area contributed by atoms with Crippen molar-refractivity contribution in [3.05, 3.63) is 267 Å². The molecule has 0 saturated heterocycles. The minimum atomic E-state index is 1.13. The molecule has 0 spiro atoms. The molecule has 2 nitrogen and oxygen atoms in total. The van der Waals surface area contributed by atoms with Gasteiger partial charge in [0.25, 0.3) is 0 Å². The Labute approximate surface area is 395 Å². The van der Waals surface area contributed by atoms with Crippen molar-refractivity contribution < 1.29 is 0 Å². The fourth-order valence-electron chi connectivity index (χ4n) is 10.5. The number of benzene rings is 11. The van der Waals surface area contributed by atoms with Crippen LogP contribution in [-0.2, 0) is 0 Å². The van der Waals surface area contributed by atoms with Crippen molar-refractivity contribution in [2.45, 2.75) is 0 Å². The molecule has 0 fully saturated rings. The van der Waals surface area contributed by atoms with E-state index in [1.807, 2.05) is 0 Å². The van der Waals surface area contributed by atoms with Gasteiger partial charge in [-0.3, -0.25) is 0 Å². The molecule has 2 heteroatoms. The molecule has 0 N–H and O–H groups in total. The fraction of sp³-hybridized carbons (Fsp3) is 0. The lowest BCUT2D eigenvalue weighted by Gasteiger charge is -2.14. The molecule has 318 valence electrons. The van der Waals surface area contributed by atoms with Gasteiger partial charge in [0, 0.05) is 32.8 Å². The van der Waals surface area contributed by atoms with Gasteiger partial charge in [0.15, 0.2) is 0 Å². The lowest BCUT2D eigenvalue weighted by molar-refractivity contribution is 1.18. The standard InChI is InChI=1S/C66H44N2/c1-4-17-45(18-5-1)47-33-37-55(38-34-47)67-64-40-36-53(52-35-39-63-59(43-52)58-28-11-13-31-62(58)68(63)61-30-12-10-27-56(61)48-21-8-3-9-22-48)44-60(64)66-57(29-16-32-65(66)67)54-26-15-25-51(42-54)50-24-14-23-49(41-50)46-19-6-2-7-20-46/h1-44H. The highest BCUT2D eigenvalue weighted by Gasteiger charge is 2.20. The topological polar surface area (TPSA) is 9.86 Å². The molecular formula is C66H44N2. The van der Waals surface area contributed by atoms with Crippen LogP contribution in [0.1, 0.15) is 0 Å². The number of rotatable bonds is 8. The van der Waals surface area contributed by atoms with Gasteiger partial charge in [0.2, 0.25) is 0 Å². The zero-order valence-corrected chi connectivity index (χ0v) is 37.3. The van der Waals surface area contributed by atoms with E-state index in [9.17, 15) is 0 Å². The maximum absolute atomic E-state index is 2.45. The normalized spacial score (nSPS) is 11.5. The van der Waals surface area contributed by atoms with E-state index in [0.29, 0.717) is 0 Å². The molecule has 68 heavy (non-hydrogen) atoms. The monoisotopic (exact) mass is 864 g/mol. The summed E-state index contributed by atoms with van der Waals surface area (Å²) < 4.78 is 4.88. The first-order valence-electron chi connectivity index (χ1n) is 23.4. The Morgan fingerprint density at radius 2 is 0.632 bits per heavy atom. The van der Waals surface area contributed by atoms with Crippen molar-refractivity contribution in [2.24, 2.45) is 0 Å². The van der Waals surface area contributed by atoms with Gasteiger partial charge >= 0.3 is 0 Å². The zero-order chi connectivity index (χ0) is 45.0. The second-order valence-electron chi connectivity index (χ2n) is 17.7. The molecule has 13 aromatic rings. The Morgan fingerprint density at radius 1 is 0.206 bits per heavy atom. The van der Waals surface area contributed by atoms with Crippen molar-refractivity contribution in [3.63, 3.8) is 0 Å². The van der Waals surface area contributed by atoms with Gasteiger partial charge in [0.1, 0.15) is 0 Å². The quantitative estimate of drug-likeness (QED) is 0.144. The Bertz CT molecular complexity index is 3990. The highest BCUT2D eigenvalue weighted by atomic mass is 15.0. The van der Waals surface area contributed by atoms with Crippen LogP contribution in [0.3, 0.4) is 0 Å². The van der Waals surface area contributed by atoms with Gasteiger partial charge in [-0.1, -0.05) is 200 Å². The number of nitrogens with zero attached hydrogens (tertiary/aromatic N) is 2. The van der Waals surface area contributed by atoms with E-state index >= 15 is 0 Å². The van der Waals surface area contributed by atoms with E-state index in [4.69, 9.17) is 0 Å². The summed E-state index contributed by atoms with van der Waals surface area (Å²) in [5.74, 6) is 0. The first-order valence-corrected chi connectivity index (χ1v) is 23.4. The van der Waals surface area contributed by atoms with E-state index in [2.05, 4.69) is 276 Å². The molecule has 0 aliphatic carbocycles. The third-order valence-electron chi connectivity index (χ3n) is 13.7. The summed E-state index contributed by atoms with van der Waals surface area (Å²) >= 11 is 0. The van der Waals surface area contributed by atoms with Crippen LogP contribution in [0.15, 0.2) is 267 Å². The van der Waals surface area contributed by atoms with Crippen LogP contribution in [0.25, 0.3) is 122 Å². The third-order valence-corrected chi connectivity index (χ3v) is 13.7. The average molecular weight is 865 g/mol. The molecule has 0 saturated carbocycles. The molecule has 0 radical (unpaired) electrons. The lowest BCUT2D eigenvalue weighted by Crippen LogP contribution is -1.97. The summed E-state index contributed by atoms with van der Waals surface area (Å²) in [7, 11) is 0. The summed E-state index contributed by atoms with van der Waals surface area (Å²) in [5, 5.41) is 4.93. The number of hydrogen-bond donors (Lipinski definition) is 0. The van der Waals surface area contributed by atoms with Gasteiger partial charge in [-0.05, 0) is 128 Å². The lowest BCUT2D eigenvalue weighted by atomic mass is 9.94. The molecule has 0 aliphatic heterocycles. The van der Waals surface area contributed by atoms with E-state index in [1.165, 1.54) is 116 Å². The van der Waals surface area contributed by atoms with Crippen LogP contribution < -0.4 is 0 Å². The zero-order valence-electron chi connectivity index (χ0n) is 37.3. The fourth-order valence-corrected chi connectivity index (χ4v) is 10.5. The van der Waals surface area contributed by atoms with Gasteiger partial charge < -0.3 is 9.13 Å². The van der Waals surface area contributed by atoms with Crippen LogP contribution in [0.4, 0.5) is 0 Å². The van der Waals surface area contributed by atoms with Crippen LogP contribution in [-0.4, -0.2) is 9.13 Å². The van der Waals surface area contributed by atoms with Crippen molar-refractivity contribution in [1.29, 1.82) is 0 Å². The number of aromatic nitrogens is 2. The van der Waals surface area contributed by atoms with Crippen molar-refractivity contribution in [1.82, 2.24) is 9.13 Å². The summed E-state index contributed by atoms with van der Waals surface area (Å²) in [6, 6.07) is 97.4. The van der Waals surface area contributed by atoms with E-state index in [-0.39, 0.29) is 0 Å². The van der Waals surface area contributed by atoms with Gasteiger partial charge in [-0.15, -0.1) is 0 Å². The largest absolute Gasteiger partial charge is 0.309 e. The van der Waals surface area contributed by atoms with E-state index < -0.39 is 0 Å². The van der Waals surface area contributed by atoms with Gasteiger partial charge in [-0.2, -0.15) is 0 Å². The molecule has 2 heterocycles. The predicted molar refractivity (Wildman–Crippen MR) is 288 cm³/mol. The van der Waals surface area contributed by atoms with Crippen LogP contribution in [0.5, 0.6) is 0 Å². The average Bonchev–Trinajstić information content (AvgIpc) is 3.94. The maximum Gasteiger partial charge on any atom is 0.0547 e. The van der Waals surface area contributed by atoms with Crippen LogP contribution in [0.2, 0.25) is 0 Å². The van der Waals surface area contributed by atoms with E-state index in [1.54, 1.807) is 0 Å². The molecule has 0 amide bonds. The Balaban J connectivity index is 0.991. The van der Waals surface area contributed by atoms with Gasteiger partial charge in [-0.25, -0.2) is 0 Å². The summed E-state index contributed by atoms with van der Waals surface area (Å²) in [6.45, 7) is 0. The molecule has 0 bridgehead atoms. The SMILES string of the molecule is c1ccc(-c2ccc(-n3c4ccc(-c5ccc6c(c5)c5ccccc5n6-c5ccccc5-c5ccccc5)cc4c4c(-c5cccc(-c6cccc(-c7ccccc7)c6)c5)cccc43)cc2)cc1. The Morgan fingerprint density at radius 3 is 1.34 bits per heavy atom. The highest BCUT2D eigenvalue weighted by Crippen LogP contribution is 2.43. The van der Waals surface area contributed by atoms with Crippen molar-refractivity contribution in [2.75, 3.05) is 0 Å².